The molecule has 1 amide bonds. The Kier molecular flexibility index (Phi) is 8.73. The van der Waals surface area contributed by atoms with E-state index in [-0.39, 0.29) is 20.7 Å². The zero-order valence-electron chi connectivity index (χ0n) is 21.1. The average molecular weight is 607 g/mol. The number of para-hydroxylation sites is 1. The first kappa shape index (κ1) is 29.1. The molecule has 0 unspecified atom stereocenters. The number of benzene rings is 2. The number of carbonyl (C=O) groups is 1. The van der Waals surface area contributed by atoms with Crippen LogP contribution >= 0.6 is 24.0 Å². The molecule has 0 atom stereocenters. The van der Waals surface area contributed by atoms with Crippen molar-refractivity contribution in [2.45, 2.75) is 18.7 Å². The Morgan fingerprint density at radius 2 is 1.74 bits per heavy atom. The molecule has 1 fully saturated rings. The van der Waals surface area contributed by atoms with Crippen LogP contribution in [0, 0.1) is 0 Å². The molecule has 0 aliphatic carbocycles. The van der Waals surface area contributed by atoms with Crippen molar-refractivity contribution in [2.75, 3.05) is 25.4 Å². The molecule has 0 saturated carbocycles. The van der Waals surface area contributed by atoms with E-state index in [9.17, 15) is 21.6 Å². The maximum atomic E-state index is 13.2. The quantitative estimate of drug-likeness (QED) is 0.209. The molecule has 14 heteroatoms. The van der Waals surface area contributed by atoms with Crippen LogP contribution in [0.2, 0.25) is 0 Å². The summed E-state index contributed by atoms with van der Waals surface area (Å²) in [6.45, 7) is 3.93. The number of aromatic nitrogens is 2. The lowest BCUT2D eigenvalue weighted by atomic mass is 10.1. The Hall–Kier alpha value is -2.88. The van der Waals surface area contributed by atoms with Crippen LogP contribution in [0.3, 0.4) is 0 Å². The fraction of sp³-hybridized carbons (Fsp3) is 0.240. The van der Waals surface area contributed by atoms with Crippen molar-refractivity contribution < 1.29 is 26.2 Å². The molecule has 1 aromatic heterocycles. The molecular formula is C25H26N4O6S4. The second kappa shape index (κ2) is 11.7. The number of amides is 1. The van der Waals surface area contributed by atoms with Gasteiger partial charge in [0.15, 0.2) is 0 Å². The third kappa shape index (κ3) is 6.48. The standard InChI is InChI=1S/C25H26N4O6S4/c1-3-27(4-2)39(34,35)21-12-8-9-18(15-21)23-19(17-29(26-23)20-10-6-5-7-11-20)16-22-24(30)28(25(36)37-22)13-14-38(31,32)33/h5-12,15-17H,3-4,13-14H2,1-2H3,(H,31,32,33). The van der Waals surface area contributed by atoms with Crippen molar-refractivity contribution in [1.82, 2.24) is 19.0 Å². The number of nitrogens with zero attached hydrogens (tertiary/aromatic N) is 4. The number of hydrogen-bond acceptors (Lipinski definition) is 8. The van der Waals surface area contributed by atoms with Gasteiger partial charge < -0.3 is 0 Å². The van der Waals surface area contributed by atoms with Gasteiger partial charge in [-0.3, -0.25) is 14.2 Å². The number of thioether (sulfide) groups is 1. The maximum Gasteiger partial charge on any atom is 0.266 e. The summed E-state index contributed by atoms with van der Waals surface area (Å²) >= 11 is 6.28. The van der Waals surface area contributed by atoms with E-state index >= 15 is 0 Å². The summed E-state index contributed by atoms with van der Waals surface area (Å²) in [7, 11) is -8.00. The molecule has 0 bridgehead atoms. The van der Waals surface area contributed by atoms with Gasteiger partial charge in [-0.15, -0.1) is 0 Å². The Morgan fingerprint density at radius 1 is 1.05 bits per heavy atom. The van der Waals surface area contributed by atoms with Crippen molar-refractivity contribution in [3.63, 3.8) is 0 Å². The molecule has 1 saturated heterocycles. The zero-order chi connectivity index (χ0) is 28.4. The SMILES string of the molecule is CCN(CC)S(=O)(=O)c1cccc(-c2nn(-c3ccccc3)cc2C=C2SC(=S)N(CCS(=O)(=O)O)C2=O)c1. The highest BCUT2D eigenvalue weighted by Crippen LogP contribution is 2.35. The molecular weight excluding hydrogens is 581 g/mol. The van der Waals surface area contributed by atoms with Gasteiger partial charge >= 0.3 is 0 Å². The van der Waals surface area contributed by atoms with Crippen molar-refractivity contribution in [2.24, 2.45) is 0 Å². The van der Waals surface area contributed by atoms with E-state index in [1.165, 1.54) is 10.4 Å². The third-order valence-corrected chi connectivity index (χ3v) is 10.1. The smallest absolute Gasteiger partial charge is 0.266 e. The number of carbonyl (C=O) groups excluding carboxylic acids is 1. The lowest BCUT2D eigenvalue weighted by molar-refractivity contribution is -0.121. The molecule has 1 aliphatic heterocycles. The molecule has 1 N–H and O–H groups in total. The predicted molar refractivity (Wildman–Crippen MR) is 155 cm³/mol. The van der Waals surface area contributed by atoms with Gasteiger partial charge in [-0.2, -0.15) is 17.8 Å². The molecule has 0 radical (unpaired) electrons. The minimum absolute atomic E-state index is 0.125. The van der Waals surface area contributed by atoms with Crippen LogP contribution in [0.5, 0.6) is 0 Å². The van der Waals surface area contributed by atoms with E-state index in [0.717, 1.165) is 22.3 Å². The van der Waals surface area contributed by atoms with E-state index in [1.54, 1.807) is 49.0 Å². The number of rotatable bonds is 10. The molecule has 206 valence electrons. The highest BCUT2D eigenvalue weighted by Gasteiger charge is 2.33. The minimum atomic E-state index is -4.28. The van der Waals surface area contributed by atoms with Crippen molar-refractivity contribution in [1.29, 1.82) is 0 Å². The fourth-order valence-corrected chi connectivity index (χ4v) is 7.20. The summed E-state index contributed by atoms with van der Waals surface area (Å²) in [6.07, 6.45) is 3.32. The van der Waals surface area contributed by atoms with Gasteiger partial charge in [-0.25, -0.2) is 13.1 Å². The lowest BCUT2D eigenvalue weighted by Crippen LogP contribution is -2.32. The van der Waals surface area contributed by atoms with Crippen LogP contribution in [0.25, 0.3) is 23.0 Å². The van der Waals surface area contributed by atoms with E-state index in [2.05, 4.69) is 0 Å². The molecule has 2 aromatic carbocycles. The topological polar surface area (TPSA) is 130 Å². The second-order valence-electron chi connectivity index (χ2n) is 8.45. The molecule has 1 aliphatic rings. The van der Waals surface area contributed by atoms with E-state index < -0.39 is 31.8 Å². The third-order valence-electron chi connectivity index (χ3n) is 5.95. The second-order valence-corrected chi connectivity index (χ2v) is 13.6. The summed E-state index contributed by atoms with van der Waals surface area (Å²) in [5.74, 6) is -1.14. The van der Waals surface area contributed by atoms with Crippen molar-refractivity contribution in [3.8, 4) is 16.9 Å². The summed E-state index contributed by atoms with van der Waals surface area (Å²) < 4.78 is 61.0. The molecule has 0 spiro atoms. The molecule has 3 aromatic rings. The fourth-order valence-electron chi connectivity index (χ4n) is 3.99. The monoisotopic (exact) mass is 606 g/mol. The Bertz CT molecular complexity index is 1650. The summed E-state index contributed by atoms with van der Waals surface area (Å²) in [6, 6.07) is 15.8. The van der Waals surface area contributed by atoms with Crippen LogP contribution in [-0.2, 0) is 24.9 Å². The van der Waals surface area contributed by atoms with Gasteiger partial charge in [0.25, 0.3) is 16.0 Å². The summed E-state index contributed by atoms with van der Waals surface area (Å²) in [5.41, 5.74) is 2.27. The Balaban J connectivity index is 1.79. The van der Waals surface area contributed by atoms with Crippen LogP contribution in [-0.4, -0.2) is 76.0 Å². The highest BCUT2D eigenvalue weighted by molar-refractivity contribution is 8.26. The van der Waals surface area contributed by atoms with Gasteiger partial charge in [-0.1, -0.05) is 68.2 Å². The number of sulfonamides is 1. The van der Waals surface area contributed by atoms with Gasteiger partial charge in [0.05, 0.1) is 21.2 Å². The van der Waals surface area contributed by atoms with E-state index in [4.69, 9.17) is 21.9 Å². The van der Waals surface area contributed by atoms with Gasteiger partial charge in [0.2, 0.25) is 10.0 Å². The lowest BCUT2D eigenvalue weighted by Gasteiger charge is -2.18. The van der Waals surface area contributed by atoms with Crippen LogP contribution in [0.4, 0.5) is 0 Å². The molecule has 4 rings (SSSR count). The minimum Gasteiger partial charge on any atom is -0.292 e. The molecule has 39 heavy (non-hydrogen) atoms. The van der Waals surface area contributed by atoms with E-state index in [1.807, 2.05) is 30.3 Å². The van der Waals surface area contributed by atoms with Crippen LogP contribution in [0.1, 0.15) is 19.4 Å². The van der Waals surface area contributed by atoms with Crippen molar-refractivity contribution in [3.05, 3.63) is 71.3 Å². The highest BCUT2D eigenvalue weighted by atomic mass is 32.2. The summed E-state index contributed by atoms with van der Waals surface area (Å²) in [5, 5.41) is 4.72. The van der Waals surface area contributed by atoms with Gasteiger partial charge in [-0.05, 0) is 30.3 Å². The molecule has 10 nitrogen and oxygen atoms in total. The first-order valence-corrected chi connectivity index (χ1v) is 16.2. The zero-order valence-corrected chi connectivity index (χ0v) is 24.4. The van der Waals surface area contributed by atoms with Crippen molar-refractivity contribution >= 4 is 60.4 Å². The van der Waals surface area contributed by atoms with E-state index in [0.29, 0.717) is 29.9 Å². The average Bonchev–Trinajstić information content (AvgIpc) is 3.44. The van der Waals surface area contributed by atoms with Gasteiger partial charge in [0, 0.05) is 37.0 Å². The van der Waals surface area contributed by atoms with Gasteiger partial charge in [0.1, 0.15) is 10.0 Å². The number of thiocarbonyl (C=S) groups is 1. The Morgan fingerprint density at radius 3 is 2.38 bits per heavy atom. The normalized spacial score (nSPS) is 15.6. The first-order valence-electron chi connectivity index (χ1n) is 11.9. The largest absolute Gasteiger partial charge is 0.292 e. The van der Waals surface area contributed by atoms with Crippen LogP contribution < -0.4 is 0 Å². The number of hydrogen-bond donors (Lipinski definition) is 1. The first-order chi connectivity index (χ1) is 18.4. The van der Waals surface area contributed by atoms with Crippen LogP contribution in [0.15, 0.2) is 70.6 Å². The molecule has 2 heterocycles. The summed E-state index contributed by atoms with van der Waals surface area (Å²) in [4.78, 5) is 14.5. The predicted octanol–water partition coefficient (Wildman–Crippen LogP) is 3.66. The maximum absolute atomic E-state index is 13.2. The Labute approximate surface area is 237 Å².